The van der Waals surface area contributed by atoms with E-state index < -0.39 is 11.9 Å². The van der Waals surface area contributed by atoms with Gasteiger partial charge in [0, 0.05) is 18.2 Å². The standard InChI is InChI=1S/C15H15N3O5/c1-9-17-18-14(23-9)10-5-4-6-11(7-10)16-12(15(20)22-3)8-13(19)21-2/h4-8,16H,1-3H3/b12-8+. The molecule has 0 amide bonds. The molecule has 8 heteroatoms. The Morgan fingerprint density at radius 1 is 1.22 bits per heavy atom. The van der Waals surface area contributed by atoms with Gasteiger partial charge in [-0.2, -0.15) is 0 Å². The first-order valence-electron chi connectivity index (χ1n) is 6.59. The zero-order valence-electron chi connectivity index (χ0n) is 12.8. The summed E-state index contributed by atoms with van der Waals surface area (Å²) >= 11 is 0. The molecule has 2 aromatic rings. The van der Waals surface area contributed by atoms with Crippen molar-refractivity contribution in [3.63, 3.8) is 0 Å². The summed E-state index contributed by atoms with van der Waals surface area (Å²) < 4.78 is 14.5. The third-order valence-electron chi connectivity index (χ3n) is 2.78. The number of carbonyl (C=O) groups is 2. The number of methoxy groups -OCH3 is 2. The first kappa shape index (κ1) is 16.2. The molecular weight excluding hydrogens is 302 g/mol. The predicted octanol–water partition coefficient (Wildman–Crippen LogP) is 1.69. The van der Waals surface area contributed by atoms with Crippen molar-refractivity contribution in [1.29, 1.82) is 0 Å². The lowest BCUT2D eigenvalue weighted by Gasteiger charge is -2.09. The minimum atomic E-state index is -0.700. The van der Waals surface area contributed by atoms with Crippen LogP contribution in [0.1, 0.15) is 5.89 Å². The summed E-state index contributed by atoms with van der Waals surface area (Å²) in [5.41, 5.74) is 1.15. The van der Waals surface area contributed by atoms with Gasteiger partial charge < -0.3 is 19.2 Å². The number of carbonyl (C=O) groups excluding carboxylic acids is 2. The van der Waals surface area contributed by atoms with Crippen molar-refractivity contribution in [2.24, 2.45) is 0 Å². The maximum Gasteiger partial charge on any atom is 0.354 e. The second kappa shape index (κ2) is 7.21. The molecule has 0 unspecified atom stereocenters. The minimum absolute atomic E-state index is 0.0572. The molecule has 2 rings (SSSR count). The maximum absolute atomic E-state index is 11.7. The maximum atomic E-state index is 11.7. The highest BCUT2D eigenvalue weighted by atomic mass is 16.5. The highest BCUT2D eigenvalue weighted by Gasteiger charge is 2.14. The highest BCUT2D eigenvalue weighted by molar-refractivity contribution is 5.98. The van der Waals surface area contributed by atoms with Gasteiger partial charge in [0.05, 0.1) is 20.3 Å². The second-order valence-corrected chi connectivity index (χ2v) is 4.40. The Morgan fingerprint density at radius 3 is 2.61 bits per heavy atom. The molecule has 0 aliphatic heterocycles. The van der Waals surface area contributed by atoms with Gasteiger partial charge in [0.1, 0.15) is 5.70 Å². The molecule has 0 aliphatic carbocycles. The number of hydrogen-bond acceptors (Lipinski definition) is 8. The zero-order valence-corrected chi connectivity index (χ0v) is 12.8. The van der Waals surface area contributed by atoms with Gasteiger partial charge in [0.25, 0.3) is 0 Å². The Balaban J connectivity index is 2.28. The molecule has 0 saturated heterocycles. The molecule has 0 radical (unpaired) electrons. The summed E-state index contributed by atoms with van der Waals surface area (Å²) in [6.07, 6.45) is 1.01. The van der Waals surface area contributed by atoms with E-state index in [0.717, 1.165) is 6.08 Å². The molecule has 23 heavy (non-hydrogen) atoms. The van der Waals surface area contributed by atoms with E-state index in [1.54, 1.807) is 31.2 Å². The number of esters is 2. The van der Waals surface area contributed by atoms with Gasteiger partial charge in [-0.05, 0) is 18.2 Å². The third kappa shape index (κ3) is 4.16. The molecule has 8 nitrogen and oxygen atoms in total. The van der Waals surface area contributed by atoms with E-state index in [0.29, 0.717) is 23.0 Å². The largest absolute Gasteiger partial charge is 0.466 e. The fourth-order valence-electron chi connectivity index (χ4n) is 1.73. The van der Waals surface area contributed by atoms with Gasteiger partial charge in [-0.25, -0.2) is 9.59 Å². The van der Waals surface area contributed by atoms with Crippen molar-refractivity contribution < 1.29 is 23.5 Å². The van der Waals surface area contributed by atoms with Crippen LogP contribution in [0.5, 0.6) is 0 Å². The van der Waals surface area contributed by atoms with Crippen molar-refractivity contribution >= 4 is 17.6 Å². The van der Waals surface area contributed by atoms with Gasteiger partial charge in [0.15, 0.2) is 0 Å². The molecule has 1 N–H and O–H groups in total. The van der Waals surface area contributed by atoms with Crippen LogP contribution in [0.25, 0.3) is 11.5 Å². The first-order chi connectivity index (χ1) is 11.0. The van der Waals surface area contributed by atoms with Crippen LogP contribution < -0.4 is 5.32 Å². The third-order valence-corrected chi connectivity index (χ3v) is 2.78. The number of ether oxygens (including phenoxy) is 2. The Morgan fingerprint density at radius 2 is 2.00 bits per heavy atom. The van der Waals surface area contributed by atoms with Gasteiger partial charge in [0.2, 0.25) is 11.8 Å². The number of rotatable bonds is 5. The summed E-state index contributed by atoms with van der Waals surface area (Å²) in [4.78, 5) is 23.1. The molecule has 120 valence electrons. The van der Waals surface area contributed by atoms with Crippen molar-refractivity contribution in [2.75, 3.05) is 19.5 Å². The Bertz CT molecular complexity index is 751. The van der Waals surface area contributed by atoms with Crippen LogP contribution in [0.2, 0.25) is 0 Å². The van der Waals surface area contributed by atoms with Crippen LogP contribution in [0.4, 0.5) is 5.69 Å². The quantitative estimate of drug-likeness (QED) is 0.656. The average Bonchev–Trinajstić information content (AvgIpc) is 3.00. The molecule has 1 aromatic heterocycles. The van der Waals surface area contributed by atoms with Crippen LogP contribution in [0.3, 0.4) is 0 Å². The zero-order chi connectivity index (χ0) is 16.8. The molecule has 0 atom stereocenters. The number of anilines is 1. The fourth-order valence-corrected chi connectivity index (χ4v) is 1.73. The van der Waals surface area contributed by atoms with Crippen LogP contribution in [-0.2, 0) is 19.1 Å². The second-order valence-electron chi connectivity index (χ2n) is 4.40. The Hall–Kier alpha value is -3.16. The molecule has 1 aromatic carbocycles. The number of aryl methyl sites for hydroxylation is 1. The summed E-state index contributed by atoms with van der Waals surface area (Å²) in [6, 6.07) is 6.92. The summed E-state index contributed by atoms with van der Waals surface area (Å²) in [6.45, 7) is 1.69. The number of nitrogens with one attached hydrogen (secondary N) is 1. The predicted molar refractivity (Wildman–Crippen MR) is 80.2 cm³/mol. The van der Waals surface area contributed by atoms with Crippen molar-refractivity contribution in [1.82, 2.24) is 10.2 Å². The van der Waals surface area contributed by atoms with Crippen LogP contribution >= 0.6 is 0 Å². The summed E-state index contributed by atoms with van der Waals surface area (Å²) in [5.74, 6) is -0.585. The van der Waals surface area contributed by atoms with E-state index in [-0.39, 0.29) is 5.70 Å². The van der Waals surface area contributed by atoms with Gasteiger partial charge in [-0.3, -0.25) is 0 Å². The average molecular weight is 317 g/mol. The van der Waals surface area contributed by atoms with Crippen molar-refractivity contribution in [3.8, 4) is 11.5 Å². The van der Waals surface area contributed by atoms with Crippen LogP contribution in [0, 0.1) is 6.92 Å². The van der Waals surface area contributed by atoms with Gasteiger partial charge >= 0.3 is 11.9 Å². The van der Waals surface area contributed by atoms with Crippen LogP contribution in [-0.4, -0.2) is 36.4 Å². The van der Waals surface area contributed by atoms with Gasteiger partial charge in [-0.1, -0.05) is 6.07 Å². The Labute approximate surface area is 132 Å². The number of aromatic nitrogens is 2. The summed E-state index contributed by atoms with van der Waals surface area (Å²) in [7, 11) is 2.43. The Kier molecular flexibility index (Phi) is 5.08. The number of benzene rings is 1. The molecule has 0 spiro atoms. The molecular formula is C15H15N3O5. The minimum Gasteiger partial charge on any atom is -0.466 e. The molecule has 0 bridgehead atoms. The van der Waals surface area contributed by atoms with E-state index in [4.69, 9.17) is 4.42 Å². The van der Waals surface area contributed by atoms with E-state index in [2.05, 4.69) is 25.0 Å². The van der Waals surface area contributed by atoms with E-state index >= 15 is 0 Å². The SMILES string of the molecule is COC(=O)/C=C(/Nc1cccc(-c2nnc(C)o2)c1)C(=O)OC. The fraction of sp³-hybridized carbons (Fsp3) is 0.200. The molecule has 0 aliphatic rings. The lowest BCUT2D eigenvalue weighted by atomic mass is 10.2. The summed E-state index contributed by atoms with van der Waals surface area (Å²) in [5, 5.41) is 10.5. The van der Waals surface area contributed by atoms with Gasteiger partial charge in [-0.15, -0.1) is 10.2 Å². The van der Waals surface area contributed by atoms with E-state index in [9.17, 15) is 9.59 Å². The molecule has 0 fully saturated rings. The number of nitrogens with zero attached hydrogens (tertiary/aromatic N) is 2. The van der Waals surface area contributed by atoms with E-state index in [1.807, 2.05) is 0 Å². The first-order valence-corrected chi connectivity index (χ1v) is 6.59. The smallest absolute Gasteiger partial charge is 0.354 e. The van der Waals surface area contributed by atoms with Crippen LogP contribution in [0.15, 0.2) is 40.5 Å². The van der Waals surface area contributed by atoms with Crippen molar-refractivity contribution in [3.05, 3.63) is 41.9 Å². The normalized spacial score (nSPS) is 11.0. The molecule has 1 heterocycles. The molecule has 0 saturated carbocycles. The lowest BCUT2D eigenvalue weighted by molar-refractivity contribution is -0.138. The number of hydrogen-bond donors (Lipinski definition) is 1. The highest BCUT2D eigenvalue weighted by Crippen LogP contribution is 2.22. The lowest BCUT2D eigenvalue weighted by Crippen LogP contribution is -2.15. The topological polar surface area (TPSA) is 104 Å². The van der Waals surface area contributed by atoms with Crippen molar-refractivity contribution in [2.45, 2.75) is 6.92 Å². The monoisotopic (exact) mass is 317 g/mol. The van der Waals surface area contributed by atoms with E-state index in [1.165, 1.54) is 14.2 Å².